The first kappa shape index (κ1) is 15.9. The number of methoxy groups -OCH3 is 1. The molecule has 0 spiro atoms. The molecule has 0 aliphatic rings. The number of ether oxygens (including phenoxy) is 1. The molecule has 0 aliphatic carbocycles. The van der Waals surface area contributed by atoms with Gasteiger partial charge < -0.3 is 14.9 Å². The summed E-state index contributed by atoms with van der Waals surface area (Å²) in [6, 6.07) is 1.56. The minimum absolute atomic E-state index is 0.0847. The van der Waals surface area contributed by atoms with E-state index in [1.54, 1.807) is 13.0 Å². The molecular formula is C12H16N4O4. The summed E-state index contributed by atoms with van der Waals surface area (Å²) in [5.74, 6) is -0.563. The van der Waals surface area contributed by atoms with E-state index in [2.05, 4.69) is 19.7 Å². The molecule has 1 aromatic heterocycles. The first-order chi connectivity index (χ1) is 9.51. The summed E-state index contributed by atoms with van der Waals surface area (Å²) in [6.45, 7) is 1.74. The predicted molar refractivity (Wildman–Crippen MR) is 69.9 cm³/mol. The number of nitrogens with zero attached hydrogens (tertiary/aromatic N) is 4. The van der Waals surface area contributed by atoms with E-state index in [1.807, 2.05) is 0 Å². The van der Waals surface area contributed by atoms with Crippen LogP contribution in [-0.2, 0) is 4.74 Å². The van der Waals surface area contributed by atoms with Crippen molar-refractivity contribution in [1.29, 1.82) is 0 Å². The van der Waals surface area contributed by atoms with Gasteiger partial charge in [-0.05, 0) is 30.5 Å². The zero-order valence-electron chi connectivity index (χ0n) is 11.2. The minimum atomic E-state index is -1.17. The van der Waals surface area contributed by atoms with E-state index < -0.39 is 18.2 Å². The van der Waals surface area contributed by atoms with Crippen LogP contribution in [-0.4, -0.2) is 40.9 Å². The highest BCUT2D eigenvalue weighted by Crippen LogP contribution is 2.20. The molecule has 0 radical (unpaired) electrons. The Labute approximate surface area is 115 Å². The molecule has 0 amide bonds. The van der Waals surface area contributed by atoms with Crippen molar-refractivity contribution in [2.75, 3.05) is 13.7 Å². The van der Waals surface area contributed by atoms with Gasteiger partial charge in [0, 0.05) is 23.2 Å². The molecule has 0 saturated heterocycles. The van der Waals surface area contributed by atoms with Crippen molar-refractivity contribution in [2.45, 2.75) is 25.6 Å². The Morgan fingerprint density at radius 1 is 1.60 bits per heavy atom. The number of aliphatic hydroxyl groups is 2. The number of rotatable bonds is 6. The second-order valence-corrected chi connectivity index (χ2v) is 4.18. The summed E-state index contributed by atoms with van der Waals surface area (Å²) in [4.78, 5) is 17.9. The fourth-order valence-corrected chi connectivity index (χ4v) is 1.68. The van der Waals surface area contributed by atoms with Crippen LogP contribution < -0.4 is 0 Å². The van der Waals surface area contributed by atoms with Crippen LogP contribution in [0.2, 0.25) is 0 Å². The van der Waals surface area contributed by atoms with E-state index in [9.17, 15) is 15.0 Å². The largest absolute Gasteiger partial charge is 0.464 e. The van der Waals surface area contributed by atoms with Crippen LogP contribution >= 0.6 is 0 Å². The Hall–Kier alpha value is -2.15. The van der Waals surface area contributed by atoms with E-state index in [0.717, 1.165) is 0 Å². The number of pyridine rings is 1. The number of azide groups is 1. The number of aromatic nitrogens is 1. The number of esters is 1. The molecule has 0 saturated carbocycles. The Balaban J connectivity index is 2.83. The molecule has 1 rings (SSSR count). The summed E-state index contributed by atoms with van der Waals surface area (Å²) < 4.78 is 4.57. The van der Waals surface area contributed by atoms with Crippen molar-refractivity contribution in [3.8, 4) is 0 Å². The molecule has 108 valence electrons. The molecule has 1 aromatic rings. The van der Waals surface area contributed by atoms with Gasteiger partial charge in [-0.25, -0.2) is 9.78 Å². The van der Waals surface area contributed by atoms with Crippen LogP contribution in [0.15, 0.2) is 17.4 Å². The van der Waals surface area contributed by atoms with E-state index >= 15 is 0 Å². The zero-order chi connectivity index (χ0) is 15.1. The minimum Gasteiger partial charge on any atom is -0.464 e. The number of carbonyl (C=O) groups is 1. The Morgan fingerprint density at radius 2 is 2.30 bits per heavy atom. The van der Waals surface area contributed by atoms with Gasteiger partial charge in [-0.1, -0.05) is 5.11 Å². The molecule has 2 unspecified atom stereocenters. The molecule has 0 bridgehead atoms. The normalized spacial score (nSPS) is 13.2. The molecule has 20 heavy (non-hydrogen) atoms. The number of carbonyl (C=O) groups excluding carboxylic acids is 1. The number of hydrogen-bond acceptors (Lipinski definition) is 6. The summed E-state index contributed by atoms with van der Waals surface area (Å²) in [5, 5.41) is 23.0. The molecule has 8 nitrogen and oxygen atoms in total. The third kappa shape index (κ3) is 3.92. The summed E-state index contributed by atoms with van der Waals surface area (Å²) in [6.07, 6.45) is -0.809. The molecule has 0 aromatic carbocycles. The maximum absolute atomic E-state index is 11.4. The van der Waals surface area contributed by atoms with Crippen molar-refractivity contribution in [3.63, 3.8) is 0 Å². The monoisotopic (exact) mass is 280 g/mol. The molecule has 2 atom stereocenters. The average molecular weight is 280 g/mol. The van der Waals surface area contributed by atoms with Gasteiger partial charge in [-0.15, -0.1) is 0 Å². The quantitative estimate of drug-likeness (QED) is 0.351. The summed E-state index contributed by atoms with van der Waals surface area (Å²) in [7, 11) is 1.26. The second-order valence-electron chi connectivity index (χ2n) is 4.18. The SMILES string of the molecule is COC(=O)c1ncc(C(O)C(O)CCN=[N+]=[N-])cc1C. The van der Waals surface area contributed by atoms with E-state index in [0.29, 0.717) is 11.1 Å². The van der Waals surface area contributed by atoms with Crippen LogP contribution in [0.25, 0.3) is 10.4 Å². The highest BCUT2D eigenvalue weighted by Gasteiger charge is 2.20. The van der Waals surface area contributed by atoms with Crippen molar-refractivity contribution in [3.05, 3.63) is 39.5 Å². The standard InChI is InChI=1S/C12H16N4O4/c1-7-5-8(6-14-10(7)12(19)20-2)11(18)9(17)3-4-15-16-13/h5-6,9,11,17-18H,3-4H2,1-2H3. The molecule has 1 heterocycles. The van der Waals surface area contributed by atoms with Crippen LogP contribution in [0, 0.1) is 6.92 Å². The second kappa shape index (κ2) is 7.44. The first-order valence-corrected chi connectivity index (χ1v) is 5.93. The third-order valence-corrected chi connectivity index (χ3v) is 2.77. The molecule has 0 aliphatic heterocycles. The van der Waals surface area contributed by atoms with Gasteiger partial charge in [0.15, 0.2) is 5.69 Å². The molecule has 0 fully saturated rings. The summed E-state index contributed by atoms with van der Waals surface area (Å²) in [5.41, 5.74) is 9.21. The lowest BCUT2D eigenvalue weighted by Crippen LogP contribution is -2.20. The first-order valence-electron chi connectivity index (χ1n) is 5.93. The van der Waals surface area contributed by atoms with E-state index in [-0.39, 0.29) is 18.7 Å². The highest BCUT2D eigenvalue weighted by molar-refractivity contribution is 5.88. The fraction of sp³-hybridized carbons (Fsp3) is 0.500. The van der Waals surface area contributed by atoms with E-state index in [4.69, 9.17) is 5.53 Å². The lowest BCUT2D eigenvalue weighted by atomic mass is 10.0. The lowest BCUT2D eigenvalue weighted by Gasteiger charge is -2.17. The van der Waals surface area contributed by atoms with Gasteiger partial charge in [0.05, 0.1) is 13.2 Å². The van der Waals surface area contributed by atoms with Crippen molar-refractivity contribution >= 4 is 5.97 Å². The Bertz CT molecular complexity index is 528. The Morgan fingerprint density at radius 3 is 2.85 bits per heavy atom. The molecule has 2 N–H and O–H groups in total. The van der Waals surface area contributed by atoms with Gasteiger partial charge in [-0.2, -0.15) is 0 Å². The third-order valence-electron chi connectivity index (χ3n) is 2.77. The Kier molecular flexibility index (Phi) is 5.92. The van der Waals surface area contributed by atoms with Crippen LogP contribution in [0.3, 0.4) is 0 Å². The smallest absolute Gasteiger partial charge is 0.356 e. The highest BCUT2D eigenvalue weighted by atomic mass is 16.5. The maximum atomic E-state index is 11.4. The lowest BCUT2D eigenvalue weighted by molar-refractivity contribution is 0.0148. The van der Waals surface area contributed by atoms with Gasteiger partial charge in [0.2, 0.25) is 0 Å². The van der Waals surface area contributed by atoms with Gasteiger partial charge >= 0.3 is 5.97 Å². The zero-order valence-corrected chi connectivity index (χ0v) is 11.2. The van der Waals surface area contributed by atoms with Gasteiger partial charge in [-0.3, -0.25) is 0 Å². The van der Waals surface area contributed by atoms with Gasteiger partial charge in [0.25, 0.3) is 0 Å². The van der Waals surface area contributed by atoms with Crippen molar-refractivity contribution in [1.82, 2.24) is 4.98 Å². The average Bonchev–Trinajstić information content (AvgIpc) is 2.45. The van der Waals surface area contributed by atoms with Gasteiger partial charge in [0.1, 0.15) is 6.10 Å². The van der Waals surface area contributed by atoms with Crippen LogP contribution in [0.5, 0.6) is 0 Å². The fourth-order valence-electron chi connectivity index (χ4n) is 1.68. The topological polar surface area (TPSA) is 128 Å². The number of aryl methyl sites for hydroxylation is 1. The summed E-state index contributed by atoms with van der Waals surface area (Å²) >= 11 is 0. The van der Waals surface area contributed by atoms with Crippen molar-refractivity contribution < 1.29 is 19.7 Å². The maximum Gasteiger partial charge on any atom is 0.356 e. The van der Waals surface area contributed by atoms with Crippen molar-refractivity contribution in [2.24, 2.45) is 5.11 Å². The van der Waals surface area contributed by atoms with E-state index in [1.165, 1.54) is 13.3 Å². The van der Waals surface area contributed by atoms with Crippen LogP contribution in [0.4, 0.5) is 0 Å². The molecule has 8 heteroatoms. The number of aliphatic hydroxyl groups excluding tert-OH is 2. The van der Waals surface area contributed by atoms with Crippen LogP contribution in [0.1, 0.15) is 34.1 Å². The predicted octanol–water partition coefficient (Wildman–Crippen LogP) is 1.27. The number of hydrogen-bond donors (Lipinski definition) is 2. The molecular weight excluding hydrogens is 264 g/mol.